The van der Waals surface area contributed by atoms with Gasteiger partial charge in [0.2, 0.25) is 5.91 Å². The number of rotatable bonds is 9. The predicted octanol–water partition coefficient (Wildman–Crippen LogP) is 1.90. The Labute approximate surface area is 98.5 Å². The molecule has 0 heterocycles. The van der Waals surface area contributed by atoms with Gasteiger partial charge < -0.3 is 5.32 Å². The van der Waals surface area contributed by atoms with E-state index in [1.165, 1.54) is 0 Å². The average Bonchev–Trinajstić information content (AvgIpc) is 2.24. The van der Waals surface area contributed by atoms with E-state index in [4.69, 9.17) is 0 Å². The van der Waals surface area contributed by atoms with Crippen molar-refractivity contribution in [1.82, 2.24) is 10.2 Å². The largest absolute Gasteiger partial charge is 0.347 e. The molecule has 0 aliphatic carbocycles. The molecule has 0 saturated carbocycles. The topological polar surface area (TPSA) is 32.3 Å². The Balaban J connectivity index is 3.68. The molecule has 1 radical (unpaired) electrons. The van der Waals surface area contributed by atoms with E-state index in [2.05, 4.69) is 30.0 Å². The van der Waals surface area contributed by atoms with Crippen molar-refractivity contribution in [3.63, 3.8) is 0 Å². The van der Waals surface area contributed by atoms with Crippen LogP contribution in [0.2, 0.25) is 0 Å². The lowest BCUT2D eigenvalue weighted by Gasteiger charge is -2.18. The summed E-state index contributed by atoms with van der Waals surface area (Å²) in [5.41, 5.74) is 0.519. The van der Waals surface area contributed by atoms with Gasteiger partial charge in [-0.1, -0.05) is 18.7 Å². The molecule has 0 spiro atoms. The number of nitrogens with zero attached hydrogens (tertiary/aromatic N) is 1. The van der Waals surface area contributed by atoms with Crippen LogP contribution in [-0.4, -0.2) is 30.4 Å². The number of nitrogens with one attached hydrogen (secondary N) is 1. The van der Waals surface area contributed by atoms with Crippen LogP contribution in [0.25, 0.3) is 0 Å². The van der Waals surface area contributed by atoms with Crippen LogP contribution in [0.3, 0.4) is 0 Å². The summed E-state index contributed by atoms with van der Waals surface area (Å²) in [7, 11) is 0. The molecule has 0 fully saturated rings. The molecule has 89 valence electrons. The zero-order valence-electron chi connectivity index (χ0n) is 10.0. The smallest absolute Gasteiger partial charge is 0.246 e. The SMILES string of the molecule is C=CCN(CC=C)CC[CH]NC(=O)C(=C)C. The lowest BCUT2D eigenvalue weighted by molar-refractivity contribution is -0.116. The van der Waals surface area contributed by atoms with Gasteiger partial charge in [0.15, 0.2) is 0 Å². The van der Waals surface area contributed by atoms with Gasteiger partial charge in [0.25, 0.3) is 0 Å². The van der Waals surface area contributed by atoms with E-state index in [1.54, 1.807) is 13.5 Å². The zero-order chi connectivity index (χ0) is 12.4. The highest BCUT2D eigenvalue weighted by molar-refractivity contribution is 5.92. The summed E-state index contributed by atoms with van der Waals surface area (Å²) in [6.45, 7) is 16.9. The average molecular weight is 221 g/mol. The van der Waals surface area contributed by atoms with Gasteiger partial charge in [0.1, 0.15) is 0 Å². The van der Waals surface area contributed by atoms with Gasteiger partial charge >= 0.3 is 0 Å². The number of amides is 1. The fourth-order valence-electron chi connectivity index (χ4n) is 1.16. The molecule has 0 aromatic carbocycles. The molecule has 16 heavy (non-hydrogen) atoms. The Morgan fingerprint density at radius 2 is 1.88 bits per heavy atom. The third-order valence-electron chi connectivity index (χ3n) is 1.99. The van der Waals surface area contributed by atoms with Crippen LogP contribution in [-0.2, 0) is 4.79 Å². The molecule has 1 amide bonds. The molecule has 0 unspecified atom stereocenters. The van der Waals surface area contributed by atoms with Gasteiger partial charge in [-0.3, -0.25) is 9.69 Å². The summed E-state index contributed by atoms with van der Waals surface area (Å²) in [6.07, 6.45) is 4.51. The van der Waals surface area contributed by atoms with Crippen molar-refractivity contribution in [3.05, 3.63) is 44.0 Å². The summed E-state index contributed by atoms with van der Waals surface area (Å²) < 4.78 is 0. The first-order valence-corrected chi connectivity index (χ1v) is 5.34. The van der Waals surface area contributed by atoms with Crippen LogP contribution in [0, 0.1) is 6.54 Å². The van der Waals surface area contributed by atoms with Crippen LogP contribution in [0.5, 0.6) is 0 Å². The summed E-state index contributed by atoms with van der Waals surface area (Å²) in [4.78, 5) is 13.3. The first kappa shape index (κ1) is 14.6. The normalized spacial score (nSPS) is 9.88. The van der Waals surface area contributed by atoms with Crippen molar-refractivity contribution in [1.29, 1.82) is 0 Å². The number of carbonyl (C=O) groups excluding carboxylic acids is 1. The Morgan fingerprint density at radius 1 is 1.31 bits per heavy atom. The van der Waals surface area contributed by atoms with Crippen LogP contribution >= 0.6 is 0 Å². The third kappa shape index (κ3) is 7.01. The van der Waals surface area contributed by atoms with Crippen LogP contribution in [0.1, 0.15) is 13.3 Å². The molecular formula is C13H21N2O. The highest BCUT2D eigenvalue weighted by Gasteiger charge is 2.02. The van der Waals surface area contributed by atoms with Gasteiger partial charge in [-0.2, -0.15) is 0 Å². The molecule has 0 atom stereocenters. The molecule has 0 bridgehead atoms. The van der Waals surface area contributed by atoms with E-state index in [0.717, 1.165) is 26.1 Å². The number of hydrogen-bond donors (Lipinski definition) is 1. The van der Waals surface area contributed by atoms with Gasteiger partial charge in [-0.15, -0.1) is 13.2 Å². The maximum Gasteiger partial charge on any atom is 0.246 e. The standard InChI is InChI=1S/C13H21N2O/c1-5-9-15(10-6-2)11-7-8-14-13(16)12(3)4/h5-6,8H,1-3,7,9-11H2,4H3,(H,14,16). The van der Waals surface area contributed by atoms with Crippen molar-refractivity contribution < 1.29 is 4.79 Å². The molecule has 0 saturated heterocycles. The van der Waals surface area contributed by atoms with Gasteiger partial charge in [-0.25, -0.2) is 0 Å². The minimum atomic E-state index is -0.126. The molecule has 0 aliphatic rings. The van der Waals surface area contributed by atoms with Gasteiger partial charge in [-0.05, 0) is 13.3 Å². The lowest BCUT2D eigenvalue weighted by Crippen LogP contribution is -2.28. The summed E-state index contributed by atoms with van der Waals surface area (Å²) >= 11 is 0. The first-order valence-electron chi connectivity index (χ1n) is 5.34. The van der Waals surface area contributed by atoms with Crippen molar-refractivity contribution in [2.45, 2.75) is 13.3 Å². The van der Waals surface area contributed by atoms with Crippen LogP contribution in [0.15, 0.2) is 37.5 Å². The Bertz CT molecular complexity index is 249. The molecular weight excluding hydrogens is 200 g/mol. The first-order chi connectivity index (χ1) is 7.61. The maximum atomic E-state index is 11.2. The van der Waals surface area contributed by atoms with E-state index >= 15 is 0 Å². The second-order valence-corrected chi connectivity index (χ2v) is 3.58. The summed E-state index contributed by atoms with van der Waals surface area (Å²) in [5, 5.41) is 2.68. The van der Waals surface area contributed by atoms with E-state index in [9.17, 15) is 4.79 Å². The molecule has 0 rings (SSSR count). The fourth-order valence-corrected chi connectivity index (χ4v) is 1.16. The fraction of sp³-hybridized carbons (Fsp3) is 0.385. The second kappa shape index (κ2) is 8.92. The van der Waals surface area contributed by atoms with Crippen molar-refractivity contribution in [2.75, 3.05) is 19.6 Å². The molecule has 3 heteroatoms. The zero-order valence-corrected chi connectivity index (χ0v) is 10.0. The Morgan fingerprint density at radius 3 is 2.31 bits per heavy atom. The predicted molar refractivity (Wildman–Crippen MR) is 68.7 cm³/mol. The van der Waals surface area contributed by atoms with Crippen LogP contribution in [0.4, 0.5) is 0 Å². The van der Waals surface area contributed by atoms with E-state index in [1.807, 2.05) is 12.2 Å². The third-order valence-corrected chi connectivity index (χ3v) is 1.99. The van der Waals surface area contributed by atoms with Gasteiger partial charge in [0, 0.05) is 25.2 Å². The second-order valence-electron chi connectivity index (χ2n) is 3.58. The summed E-state index contributed by atoms with van der Waals surface area (Å²) in [5.74, 6) is -0.126. The van der Waals surface area contributed by atoms with Crippen molar-refractivity contribution in [3.8, 4) is 0 Å². The molecule has 3 nitrogen and oxygen atoms in total. The van der Waals surface area contributed by atoms with Crippen molar-refractivity contribution >= 4 is 5.91 Å². The van der Waals surface area contributed by atoms with E-state index in [0.29, 0.717) is 5.57 Å². The maximum absolute atomic E-state index is 11.2. The number of carbonyl (C=O) groups is 1. The number of hydrogen-bond acceptors (Lipinski definition) is 2. The minimum absolute atomic E-state index is 0.126. The Hall–Kier alpha value is -1.35. The quantitative estimate of drug-likeness (QED) is 0.366. The molecule has 0 aliphatic heterocycles. The summed E-state index contributed by atoms with van der Waals surface area (Å²) in [6, 6.07) is 0. The van der Waals surface area contributed by atoms with Crippen molar-refractivity contribution in [2.24, 2.45) is 0 Å². The minimum Gasteiger partial charge on any atom is -0.347 e. The van der Waals surface area contributed by atoms with Gasteiger partial charge in [0.05, 0.1) is 6.54 Å². The van der Waals surface area contributed by atoms with E-state index in [-0.39, 0.29) is 5.91 Å². The Kier molecular flexibility index (Phi) is 8.17. The lowest BCUT2D eigenvalue weighted by atomic mass is 10.3. The van der Waals surface area contributed by atoms with Crippen LogP contribution < -0.4 is 5.32 Å². The highest BCUT2D eigenvalue weighted by atomic mass is 16.1. The molecule has 1 N–H and O–H groups in total. The highest BCUT2D eigenvalue weighted by Crippen LogP contribution is 1.95. The monoisotopic (exact) mass is 221 g/mol. The molecule has 0 aromatic heterocycles. The molecule has 0 aromatic rings. The van der Waals surface area contributed by atoms with E-state index < -0.39 is 0 Å².